The largest absolute Gasteiger partial charge is 0.396 e. The molecule has 1 aliphatic heterocycles. The van der Waals surface area contributed by atoms with Crippen LogP contribution in [0.1, 0.15) is 28.4 Å². The van der Waals surface area contributed by atoms with Crippen LogP contribution in [0.3, 0.4) is 0 Å². The summed E-state index contributed by atoms with van der Waals surface area (Å²) in [5.74, 6) is 0.182. The van der Waals surface area contributed by atoms with E-state index in [0.29, 0.717) is 13.1 Å². The maximum Gasteiger partial charge on any atom is 0.276 e. The molecule has 0 unspecified atom stereocenters. The Labute approximate surface area is 135 Å². The number of carbonyl (C=O) groups excluding carboxylic acids is 1. The number of nitrogens with zero attached hydrogens (tertiary/aromatic N) is 3. The summed E-state index contributed by atoms with van der Waals surface area (Å²) in [6.45, 7) is 1.15. The number of hydrogen-bond acceptors (Lipinski definition) is 5. The number of rotatable bonds is 3. The molecular weight excluding hydrogens is 292 g/mol. The Morgan fingerprint density at radius 1 is 1.26 bits per heavy atom. The van der Waals surface area contributed by atoms with E-state index < -0.39 is 0 Å². The molecule has 1 aliphatic rings. The van der Waals surface area contributed by atoms with Crippen molar-refractivity contribution in [3.05, 3.63) is 54.0 Å². The van der Waals surface area contributed by atoms with Gasteiger partial charge in [0.15, 0.2) is 11.5 Å². The van der Waals surface area contributed by atoms with Gasteiger partial charge in [0.2, 0.25) is 0 Å². The average molecular weight is 312 g/mol. The number of nitrogen functional groups attached to an aromatic ring is 1. The number of piperidine rings is 1. The van der Waals surface area contributed by atoms with Gasteiger partial charge in [-0.2, -0.15) is 0 Å². The lowest BCUT2D eigenvalue weighted by molar-refractivity contribution is 0.0573. The molecule has 2 atom stereocenters. The van der Waals surface area contributed by atoms with Gasteiger partial charge in [-0.3, -0.25) is 4.79 Å². The van der Waals surface area contributed by atoms with Gasteiger partial charge in [0.25, 0.3) is 5.91 Å². The van der Waals surface area contributed by atoms with Gasteiger partial charge in [-0.15, -0.1) is 0 Å². The zero-order valence-corrected chi connectivity index (χ0v) is 12.8. The van der Waals surface area contributed by atoms with Crippen molar-refractivity contribution in [1.82, 2.24) is 14.9 Å². The number of benzene rings is 1. The van der Waals surface area contributed by atoms with Crippen LogP contribution < -0.4 is 5.73 Å². The van der Waals surface area contributed by atoms with E-state index in [0.717, 1.165) is 6.42 Å². The maximum absolute atomic E-state index is 12.6. The van der Waals surface area contributed by atoms with Crippen molar-refractivity contribution in [3.8, 4) is 0 Å². The molecule has 1 aromatic heterocycles. The minimum Gasteiger partial charge on any atom is -0.396 e. The zero-order valence-electron chi connectivity index (χ0n) is 12.8. The number of aromatic nitrogens is 2. The van der Waals surface area contributed by atoms with Crippen LogP contribution in [0.2, 0.25) is 0 Å². The lowest BCUT2D eigenvalue weighted by Crippen LogP contribution is -2.44. The monoisotopic (exact) mass is 312 g/mol. The molecule has 2 heterocycles. The highest BCUT2D eigenvalue weighted by atomic mass is 16.3. The molecule has 6 nitrogen and oxygen atoms in total. The molecule has 2 aromatic rings. The number of nitrogens with two attached hydrogens (primary N) is 1. The van der Waals surface area contributed by atoms with Gasteiger partial charge in [-0.05, 0) is 17.9 Å². The number of anilines is 1. The fourth-order valence-corrected chi connectivity index (χ4v) is 3.20. The first-order valence-electron chi connectivity index (χ1n) is 7.72. The minimum absolute atomic E-state index is 0.00740. The normalized spacial score (nSPS) is 21.2. The standard InChI is InChI=1S/C17H20N4O2/c18-16-15(19-7-8-20-16)17(23)21-9-6-14(13(10-21)11-22)12-4-2-1-3-5-12/h1-5,7-8,13-14,22H,6,9-11H2,(H2,18,20)/t13-,14+/m1/s1. The van der Waals surface area contributed by atoms with Gasteiger partial charge < -0.3 is 15.7 Å². The molecule has 1 aromatic carbocycles. The number of carbonyl (C=O) groups is 1. The van der Waals surface area contributed by atoms with E-state index in [1.807, 2.05) is 18.2 Å². The molecule has 23 heavy (non-hydrogen) atoms. The lowest BCUT2D eigenvalue weighted by atomic mass is 9.81. The zero-order chi connectivity index (χ0) is 16.2. The molecule has 3 N–H and O–H groups in total. The highest BCUT2D eigenvalue weighted by Crippen LogP contribution is 2.33. The molecular formula is C17H20N4O2. The van der Waals surface area contributed by atoms with E-state index in [1.165, 1.54) is 18.0 Å². The van der Waals surface area contributed by atoms with Gasteiger partial charge in [0.05, 0.1) is 0 Å². The predicted octanol–water partition coefficient (Wildman–Crippen LogP) is 1.30. The summed E-state index contributed by atoms with van der Waals surface area (Å²) in [5, 5.41) is 9.76. The summed E-state index contributed by atoms with van der Waals surface area (Å²) in [4.78, 5) is 22.3. The van der Waals surface area contributed by atoms with Crippen LogP contribution in [-0.2, 0) is 0 Å². The molecule has 120 valence electrons. The van der Waals surface area contributed by atoms with Crippen molar-refractivity contribution < 1.29 is 9.90 Å². The second-order valence-corrected chi connectivity index (χ2v) is 5.79. The molecule has 0 spiro atoms. The Morgan fingerprint density at radius 2 is 2.00 bits per heavy atom. The van der Waals surface area contributed by atoms with Crippen LogP contribution in [0, 0.1) is 5.92 Å². The fourth-order valence-electron chi connectivity index (χ4n) is 3.20. The average Bonchev–Trinajstić information content (AvgIpc) is 2.61. The van der Waals surface area contributed by atoms with Gasteiger partial charge >= 0.3 is 0 Å². The van der Waals surface area contributed by atoms with Crippen LogP contribution in [0.15, 0.2) is 42.7 Å². The molecule has 6 heteroatoms. The third-order valence-electron chi connectivity index (χ3n) is 4.41. The van der Waals surface area contributed by atoms with Crippen molar-refractivity contribution in [3.63, 3.8) is 0 Å². The Bertz CT molecular complexity index is 677. The van der Waals surface area contributed by atoms with E-state index in [1.54, 1.807) is 4.90 Å². The number of likely N-dealkylation sites (tertiary alicyclic amines) is 1. The number of aliphatic hydroxyl groups excluding tert-OH is 1. The Kier molecular flexibility index (Phi) is 4.52. The molecule has 3 rings (SSSR count). The summed E-state index contributed by atoms with van der Waals surface area (Å²) in [5.41, 5.74) is 7.13. The SMILES string of the molecule is Nc1nccnc1C(=O)N1CC[C@@H](c2ccccc2)[C@@H](CO)C1. The highest BCUT2D eigenvalue weighted by molar-refractivity contribution is 5.96. The molecule has 0 radical (unpaired) electrons. The first-order valence-corrected chi connectivity index (χ1v) is 7.72. The smallest absolute Gasteiger partial charge is 0.276 e. The summed E-state index contributed by atoms with van der Waals surface area (Å²) < 4.78 is 0. The summed E-state index contributed by atoms with van der Waals surface area (Å²) in [7, 11) is 0. The third-order valence-corrected chi connectivity index (χ3v) is 4.41. The van der Waals surface area contributed by atoms with E-state index in [9.17, 15) is 9.90 Å². The van der Waals surface area contributed by atoms with Crippen molar-refractivity contribution >= 4 is 11.7 Å². The van der Waals surface area contributed by atoms with E-state index in [-0.39, 0.29) is 35.9 Å². The van der Waals surface area contributed by atoms with Gasteiger partial charge in [-0.1, -0.05) is 30.3 Å². The number of hydrogen-bond donors (Lipinski definition) is 2. The maximum atomic E-state index is 12.6. The molecule has 0 bridgehead atoms. The molecule has 1 fully saturated rings. The van der Waals surface area contributed by atoms with Gasteiger partial charge in [-0.25, -0.2) is 9.97 Å². The highest BCUT2D eigenvalue weighted by Gasteiger charge is 2.33. The van der Waals surface area contributed by atoms with Crippen molar-refractivity contribution in [1.29, 1.82) is 0 Å². The van der Waals surface area contributed by atoms with Crippen LogP contribution >= 0.6 is 0 Å². The predicted molar refractivity (Wildman–Crippen MR) is 86.7 cm³/mol. The van der Waals surface area contributed by atoms with Gasteiger partial charge in [0.1, 0.15) is 0 Å². The Morgan fingerprint density at radius 3 is 2.70 bits per heavy atom. The van der Waals surface area contributed by atoms with Crippen LogP contribution in [0.5, 0.6) is 0 Å². The molecule has 0 aliphatic carbocycles. The summed E-state index contributed by atoms with van der Waals surface area (Å²) >= 11 is 0. The van der Waals surface area contributed by atoms with Crippen molar-refractivity contribution in [2.45, 2.75) is 12.3 Å². The van der Waals surface area contributed by atoms with E-state index >= 15 is 0 Å². The number of amides is 1. The second-order valence-electron chi connectivity index (χ2n) is 5.79. The first-order chi connectivity index (χ1) is 11.2. The molecule has 1 saturated heterocycles. The third kappa shape index (κ3) is 3.17. The summed E-state index contributed by atoms with van der Waals surface area (Å²) in [6.07, 6.45) is 3.73. The molecule has 1 amide bonds. The van der Waals surface area contributed by atoms with E-state index in [2.05, 4.69) is 22.1 Å². The second kappa shape index (κ2) is 6.75. The first kappa shape index (κ1) is 15.4. The van der Waals surface area contributed by atoms with Gasteiger partial charge in [0, 0.05) is 38.0 Å². The Balaban J connectivity index is 1.76. The summed E-state index contributed by atoms with van der Waals surface area (Å²) in [6, 6.07) is 10.1. The fraction of sp³-hybridized carbons (Fsp3) is 0.353. The minimum atomic E-state index is -0.222. The Hall–Kier alpha value is -2.47. The quantitative estimate of drug-likeness (QED) is 0.891. The van der Waals surface area contributed by atoms with Crippen LogP contribution in [-0.4, -0.2) is 45.6 Å². The topological polar surface area (TPSA) is 92.3 Å². The number of aliphatic hydroxyl groups is 1. The van der Waals surface area contributed by atoms with E-state index in [4.69, 9.17) is 5.73 Å². The van der Waals surface area contributed by atoms with Crippen LogP contribution in [0.25, 0.3) is 0 Å². The molecule has 0 saturated carbocycles. The van der Waals surface area contributed by atoms with Crippen molar-refractivity contribution in [2.24, 2.45) is 5.92 Å². The van der Waals surface area contributed by atoms with Crippen LogP contribution in [0.4, 0.5) is 5.82 Å². The lowest BCUT2D eigenvalue weighted by Gasteiger charge is -2.38. The van der Waals surface area contributed by atoms with Crippen molar-refractivity contribution in [2.75, 3.05) is 25.4 Å².